The molecule has 1 fully saturated rings. The fourth-order valence-electron chi connectivity index (χ4n) is 4.67. The highest BCUT2D eigenvalue weighted by Crippen LogP contribution is 2.24. The summed E-state index contributed by atoms with van der Waals surface area (Å²) in [4.78, 5) is 19.1. The number of hydrogen-bond acceptors (Lipinski definition) is 5. The summed E-state index contributed by atoms with van der Waals surface area (Å²) in [6.45, 7) is 12.5. The number of benzene rings is 1. The Morgan fingerprint density at radius 3 is 2.41 bits per heavy atom. The van der Waals surface area contributed by atoms with Crippen molar-refractivity contribution < 1.29 is 13.5 Å². The Balaban J connectivity index is 0.000000226. The summed E-state index contributed by atoms with van der Waals surface area (Å²) in [5, 5.41) is 8.14. The SMILES string of the molecule is CC/C(F)=C\C/C(F)=C(\C)C(=N)C1CCN(CC)CC1.Cc1nc2c(OCc3ccccc3)cccn2c(=O)c1C. The largest absolute Gasteiger partial charge is 0.485 e. The van der Waals surface area contributed by atoms with Crippen LogP contribution in [0.1, 0.15) is 63.3 Å². The summed E-state index contributed by atoms with van der Waals surface area (Å²) in [5.74, 6) is 0.0809. The second-order valence-corrected chi connectivity index (χ2v) is 10.3. The van der Waals surface area contributed by atoms with Crippen LogP contribution >= 0.6 is 0 Å². The van der Waals surface area contributed by atoms with Crippen LogP contribution in [0.3, 0.4) is 0 Å². The van der Waals surface area contributed by atoms with Crippen molar-refractivity contribution in [1.82, 2.24) is 14.3 Å². The Morgan fingerprint density at radius 2 is 1.78 bits per heavy atom. The molecule has 0 unspecified atom stereocenters. The molecule has 0 radical (unpaired) electrons. The van der Waals surface area contributed by atoms with Gasteiger partial charge in [0.25, 0.3) is 5.56 Å². The number of nitrogens with zero attached hydrogens (tertiary/aromatic N) is 3. The number of aryl methyl sites for hydroxylation is 1. The van der Waals surface area contributed by atoms with Gasteiger partial charge >= 0.3 is 0 Å². The van der Waals surface area contributed by atoms with Crippen LogP contribution in [-0.2, 0) is 6.61 Å². The number of likely N-dealkylation sites (tertiary alicyclic amines) is 1. The van der Waals surface area contributed by atoms with Crippen molar-refractivity contribution in [2.24, 2.45) is 5.92 Å². The highest BCUT2D eigenvalue weighted by atomic mass is 19.1. The topological polar surface area (TPSA) is 70.7 Å². The predicted molar refractivity (Wildman–Crippen MR) is 162 cm³/mol. The molecule has 3 heterocycles. The van der Waals surface area contributed by atoms with Crippen molar-refractivity contribution in [3.05, 3.63) is 99.1 Å². The third-order valence-electron chi connectivity index (χ3n) is 7.62. The number of hydrogen-bond donors (Lipinski definition) is 1. The molecule has 220 valence electrons. The molecular weight excluding hydrogens is 522 g/mol. The zero-order valence-corrected chi connectivity index (χ0v) is 24.8. The zero-order chi connectivity index (χ0) is 29.9. The minimum Gasteiger partial charge on any atom is -0.485 e. The molecule has 1 saturated heterocycles. The molecule has 1 aliphatic heterocycles. The summed E-state index contributed by atoms with van der Waals surface area (Å²) < 4.78 is 34.3. The van der Waals surface area contributed by atoms with Crippen LogP contribution in [-0.4, -0.2) is 39.6 Å². The van der Waals surface area contributed by atoms with Gasteiger partial charge in [-0.15, -0.1) is 0 Å². The lowest BCUT2D eigenvalue weighted by Gasteiger charge is -2.31. The van der Waals surface area contributed by atoms with Crippen LogP contribution in [0.25, 0.3) is 5.65 Å². The first-order valence-electron chi connectivity index (χ1n) is 14.3. The highest BCUT2D eigenvalue weighted by Gasteiger charge is 2.23. The van der Waals surface area contributed by atoms with Gasteiger partial charge in [-0.3, -0.25) is 9.20 Å². The van der Waals surface area contributed by atoms with Crippen LogP contribution < -0.4 is 10.3 Å². The Bertz CT molecular complexity index is 1440. The Labute approximate surface area is 241 Å². The molecular formula is C33H42F2N4O2. The van der Waals surface area contributed by atoms with Gasteiger partial charge in [-0.25, -0.2) is 13.8 Å². The molecule has 3 aromatic rings. The minimum atomic E-state index is -0.378. The molecule has 41 heavy (non-hydrogen) atoms. The summed E-state index contributed by atoms with van der Waals surface area (Å²) in [7, 11) is 0. The van der Waals surface area contributed by atoms with Crippen molar-refractivity contribution in [1.29, 1.82) is 5.41 Å². The van der Waals surface area contributed by atoms with Gasteiger partial charge in [0.05, 0.1) is 5.83 Å². The highest BCUT2D eigenvalue weighted by molar-refractivity contribution is 5.99. The van der Waals surface area contributed by atoms with E-state index >= 15 is 0 Å². The van der Waals surface area contributed by atoms with E-state index in [1.54, 1.807) is 33.0 Å². The number of piperidine rings is 1. The van der Waals surface area contributed by atoms with Gasteiger partial charge in [0.1, 0.15) is 12.4 Å². The van der Waals surface area contributed by atoms with E-state index in [1.807, 2.05) is 43.3 Å². The van der Waals surface area contributed by atoms with Crippen molar-refractivity contribution in [3.8, 4) is 5.75 Å². The van der Waals surface area contributed by atoms with E-state index in [4.69, 9.17) is 10.1 Å². The predicted octanol–water partition coefficient (Wildman–Crippen LogP) is 7.53. The number of rotatable bonds is 9. The number of nitrogens with one attached hydrogen (secondary N) is 1. The van der Waals surface area contributed by atoms with E-state index < -0.39 is 0 Å². The van der Waals surface area contributed by atoms with Gasteiger partial charge < -0.3 is 15.0 Å². The molecule has 2 aromatic heterocycles. The van der Waals surface area contributed by atoms with Gasteiger partial charge in [-0.05, 0) is 83.4 Å². The maximum atomic E-state index is 14.0. The third kappa shape index (κ3) is 8.67. The maximum Gasteiger partial charge on any atom is 0.261 e. The second-order valence-electron chi connectivity index (χ2n) is 10.3. The molecule has 0 atom stereocenters. The molecule has 8 heteroatoms. The van der Waals surface area contributed by atoms with Crippen molar-refractivity contribution in [2.75, 3.05) is 19.6 Å². The number of aromatic nitrogens is 2. The molecule has 0 saturated carbocycles. The molecule has 1 aromatic carbocycles. The average Bonchev–Trinajstić information content (AvgIpc) is 3.01. The van der Waals surface area contributed by atoms with E-state index in [0.717, 1.165) is 43.7 Å². The number of ether oxygens (including phenoxy) is 1. The smallest absolute Gasteiger partial charge is 0.261 e. The average molecular weight is 565 g/mol. The number of allylic oxidation sites excluding steroid dienone is 4. The van der Waals surface area contributed by atoms with Gasteiger partial charge in [-0.2, -0.15) is 0 Å². The van der Waals surface area contributed by atoms with E-state index in [0.29, 0.717) is 41.3 Å². The fraction of sp³-hybridized carbons (Fsp3) is 0.424. The lowest BCUT2D eigenvalue weighted by Crippen LogP contribution is -2.36. The first kappa shape index (κ1) is 31.9. The van der Waals surface area contributed by atoms with Crippen molar-refractivity contribution in [2.45, 2.75) is 66.9 Å². The molecule has 0 amide bonds. The normalized spacial score (nSPS) is 15.2. The van der Waals surface area contributed by atoms with Gasteiger partial charge in [0, 0.05) is 41.1 Å². The van der Waals surface area contributed by atoms with Gasteiger partial charge in [0.15, 0.2) is 11.4 Å². The third-order valence-corrected chi connectivity index (χ3v) is 7.62. The standard InChI is InChI=1S/C17H16N2O2.C16H26F2N2/c1-12-13(2)18-16-15(9-6-10-19(16)17(12)20)21-11-14-7-4-3-5-8-14;1-4-14(17)6-7-15(18)12(3)16(19)13-8-10-20(5-2)11-9-13/h3-10H,11H2,1-2H3;6,13,19H,4-5,7-11H2,1-3H3/b;14-6+,15-12-,19-16?. The van der Waals surface area contributed by atoms with E-state index in [-0.39, 0.29) is 29.6 Å². The lowest BCUT2D eigenvalue weighted by atomic mass is 9.88. The van der Waals surface area contributed by atoms with Crippen LogP contribution in [0.5, 0.6) is 5.75 Å². The fourth-order valence-corrected chi connectivity index (χ4v) is 4.67. The molecule has 1 aliphatic rings. The first-order valence-corrected chi connectivity index (χ1v) is 14.3. The quantitative estimate of drug-likeness (QED) is 0.273. The van der Waals surface area contributed by atoms with Crippen molar-refractivity contribution in [3.63, 3.8) is 0 Å². The first-order chi connectivity index (χ1) is 19.7. The van der Waals surface area contributed by atoms with Crippen LogP contribution in [0, 0.1) is 25.2 Å². The van der Waals surface area contributed by atoms with Crippen LogP contribution in [0.2, 0.25) is 0 Å². The minimum absolute atomic E-state index is 0.0400. The Morgan fingerprint density at radius 1 is 1.10 bits per heavy atom. The zero-order valence-electron chi connectivity index (χ0n) is 24.8. The number of pyridine rings is 1. The summed E-state index contributed by atoms with van der Waals surface area (Å²) >= 11 is 0. The monoisotopic (exact) mass is 564 g/mol. The number of fused-ring (bicyclic) bond motifs is 1. The lowest BCUT2D eigenvalue weighted by molar-refractivity contribution is 0.219. The molecule has 6 nitrogen and oxygen atoms in total. The Hall–Kier alpha value is -3.65. The Kier molecular flexibility index (Phi) is 12.0. The molecule has 1 N–H and O–H groups in total. The van der Waals surface area contributed by atoms with Gasteiger partial charge in [0.2, 0.25) is 0 Å². The molecule has 0 spiro atoms. The van der Waals surface area contributed by atoms with E-state index in [1.165, 1.54) is 10.5 Å². The number of halogens is 2. The maximum absolute atomic E-state index is 14.0. The molecule has 4 rings (SSSR count). The van der Waals surface area contributed by atoms with Crippen molar-refractivity contribution >= 4 is 11.4 Å². The second kappa shape index (κ2) is 15.4. The van der Waals surface area contributed by atoms with Crippen LogP contribution in [0.4, 0.5) is 8.78 Å². The molecule has 0 aliphatic carbocycles. The van der Waals surface area contributed by atoms with Gasteiger partial charge in [-0.1, -0.05) is 44.2 Å². The summed E-state index contributed by atoms with van der Waals surface area (Å²) in [6.07, 6.45) is 5.06. The summed E-state index contributed by atoms with van der Waals surface area (Å²) in [5.41, 5.74) is 3.75. The van der Waals surface area contributed by atoms with Crippen LogP contribution in [0.15, 0.2) is 76.8 Å². The van der Waals surface area contributed by atoms with E-state index in [2.05, 4.69) is 16.8 Å². The summed E-state index contributed by atoms with van der Waals surface area (Å²) in [6, 6.07) is 13.5. The molecule has 0 bridgehead atoms. The van der Waals surface area contributed by atoms with E-state index in [9.17, 15) is 13.6 Å².